The third-order valence-electron chi connectivity index (χ3n) is 2.42. The highest BCUT2D eigenvalue weighted by Gasteiger charge is 2.56. The topological polar surface area (TPSA) is 40.5 Å². The molecule has 100 valence electrons. The van der Waals surface area contributed by atoms with Crippen LogP contribution < -0.4 is 5.46 Å². The zero-order valence-corrected chi connectivity index (χ0v) is 9.09. The smallest absolute Gasteiger partial charge is 0.423 e. The summed E-state index contributed by atoms with van der Waals surface area (Å²) in [6.45, 7) is 0. The fourth-order valence-corrected chi connectivity index (χ4v) is 1.30. The molecular formula is C10H10BF5O2. The third kappa shape index (κ3) is 3.68. The van der Waals surface area contributed by atoms with Gasteiger partial charge in [-0.2, -0.15) is 22.0 Å². The summed E-state index contributed by atoms with van der Waals surface area (Å²) in [6.07, 6.45) is -7.33. The van der Waals surface area contributed by atoms with Gasteiger partial charge in [-0.15, -0.1) is 0 Å². The average Bonchev–Trinajstić information content (AvgIpc) is 2.25. The Bertz CT molecular complexity index is 388. The first kappa shape index (κ1) is 14.9. The predicted octanol–water partition coefficient (Wildman–Crippen LogP) is 1.50. The van der Waals surface area contributed by atoms with E-state index in [0.717, 1.165) is 0 Å². The molecule has 0 aliphatic carbocycles. The molecule has 1 aromatic rings. The molecule has 1 rings (SSSR count). The van der Waals surface area contributed by atoms with Gasteiger partial charge in [0.25, 0.3) is 0 Å². The van der Waals surface area contributed by atoms with Crippen molar-refractivity contribution in [2.24, 2.45) is 0 Å². The van der Waals surface area contributed by atoms with Crippen molar-refractivity contribution in [1.82, 2.24) is 0 Å². The van der Waals surface area contributed by atoms with Gasteiger partial charge < -0.3 is 10.0 Å². The lowest BCUT2D eigenvalue weighted by atomic mass is 9.80. The van der Waals surface area contributed by atoms with Gasteiger partial charge in [0, 0.05) is 6.42 Å². The van der Waals surface area contributed by atoms with Crippen LogP contribution in [0.2, 0.25) is 0 Å². The molecule has 0 bridgehead atoms. The summed E-state index contributed by atoms with van der Waals surface area (Å²) >= 11 is 0. The summed E-state index contributed by atoms with van der Waals surface area (Å²) in [4.78, 5) is 0. The molecule has 0 heterocycles. The normalized spacial score (nSPS) is 12.6. The summed E-state index contributed by atoms with van der Waals surface area (Å²) in [5.74, 6) is -4.72. The molecule has 8 heteroatoms. The molecule has 0 aliphatic rings. The van der Waals surface area contributed by atoms with Crippen LogP contribution in [0.5, 0.6) is 0 Å². The number of benzene rings is 1. The molecule has 18 heavy (non-hydrogen) atoms. The highest BCUT2D eigenvalue weighted by Crippen LogP contribution is 2.38. The Balaban J connectivity index is 2.64. The van der Waals surface area contributed by atoms with Crippen molar-refractivity contribution < 1.29 is 32.0 Å². The Kier molecular flexibility index (Phi) is 4.34. The Morgan fingerprint density at radius 3 is 1.83 bits per heavy atom. The minimum Gasteiger partial charge on any atom is -0.423 e. The summed E-state index contributed by atoms with van der Waals surface area (Å²) in [6, 6.07) is 5.07. The number of halogens is 5. The standard InChI is InChI=1S/C10H10BF5O2/c12-9(13,10(14,15)16)6-5-7-1-3-8(4-2-7)11(17)18/h1-4,17-18H,5-6H2. The number of rotatable bonds is 4. The Hall–Kier alpha value is -1.15. The van der Waals surface area contributed by atoms with Crippen LogP contribution in [0.4, 0.5) is 22.0 Å². The van der Waals surface area contributed by atoms with E-state index in [1.54, 1.807) is 0 Å². The van der Waals surface area contributed by atoms with E-state index in [1.807, 2.05) is 0 Å². The van der Waals surface area contributed by atoms with Crippen LogP contribution in [0, 0.1) is 0 Å². The molecule has 0 unspecified atom stereocenters. The highest BCUT2D eigenvalue weighted by atomic mass is 19.4. The fraction of sp³-hybridized carbons (Fsp3) is 0.400. The number of hydrogen-bond donors (Lipinski definition) is 2. The van der Waals surface area contributed by atoms with E-state index in [4.69, 9.17) is 10.0 Å². The summed E-state index contributed by atoms with van der Waals surface area (Å²) in [5.41, 5.74) is 0.407. The van der Waals surface area contributed by atoms with E-state index in [2.05, 4.69) is 0 Å². The van der Waals surface area contributed by atoms with E-state index >= 15 is 0 Å². The van der Waals surface area contributed by atoms with E-state index in [9.17, 15) is 22.0 Å². The summed E-state index contributed by atoms with van der Waals surface area (Å²) in [5, 5.41) is 17.5. The van der Waals surface area contributed by atoms with Crippen LogP contribution in [0.15, 0.2) is 24.3 Å². The van der Waals surface area contributed by atoms with E-state index < -0.39 is 32.1 Å². The van der Waals surface area contributed by atoms with E-state index in [1.165, 1.54) is 24.3 Å². The monoisotopic (exact) mass is 268 g/mol. The Morgan fingerprint density at radius 2 is 1.44 bits per heavy atom. The van der Waals surface area contributed by atoms with Crippen LogP contribution in [-0.4, -0.2) is 29.3 Å². The zero-order valence-electron chi connectivity index (χ0n) is 9.09. The highest BCUT2D eigenvalue weighted by molar-refractivity contribution is 6.58. The number of hydrogen-bond acceptors (Lipinski definition) is 2. The van der Waals surface area contributed by atoms with Gasteiger partial charge in [0.2, 0.25) is 0 Å². The van der Waals surface area contributed by atoms with Crippen molar-refractivity contribution in [3.63, 3.8) is 0 Å². The number of alkyl halides is 5. The van der Waals surface area contributed by atoms with Crippen molar-refractivity contribution >= 4 is 12.6 Å². The molecule has 0 aliphatic heterocycles. The second kappa shape index (κ2) is 5.23. The van der Waals surface area contributed by atoms with Gasteiger partial charge in [-0.05, 0) is 17.4 Å². The maximum atomic E-state index is 12.6. The maximum absolute atomic E-state index is 12.6. The van der Waals surface area contributed by atoms with Gasteiger partial charge in [0.15, 0.2) is 0 Å². The van der Waals surface area contributed by atoms with Gasteiger partial charge in [-0.3, -0.25) is 0 Å². The van der Waals surface area contributed by atoms with Crippen LogP contribution in [0.25, 0.3) is 0 Å². The molecule has 2 N–H and O–H groups in total. The first-order valence-corrected chi connectivity index (χ1v) is 5.03. The largest absolute Gasteiger partial charge is 0.488 e. The molecule has 0 amide bonds. The molecule has 0 saturated heterocycles. The van der Waals surface area contributed by atoms with Crippen LogP contribution in [0.3, 0.4) is 0 Å². The van der Waals surface area contributed by atoms with E-state index in [0.29, 0.717) is 0 Å². The zero-order chi connectivity index (χ0) is 14.0. The second-order valence-corrected chi connectivity index (χ2v) is 3.82. The minimum atomic E-state index is -5.55. The molecule has 0 aromatic heterocycles. The van der Waals surface area contributed by atoms with Gasteiger partial charge in [-0.25, -0.2) is 0 Å². The van der Waals surface area contributed by atoms with Crippen LogP contribution in [0.1, 0.15) is 12.0 Å². The van der Waals surface area contributed by atoms with Gasteiger partial charge in [0.1, 0.15) is 0 Å². The second-order valence-electron chi connectivity index (χ2n) is 3.82. The minimum absolute atomic E-state index is 0.140. The molecule has 0 atom stereocenters. The first-order chi connectivity index (χ1) is 8.13. The lowest BCUT2D eigenvalue weighted by molar-refractivity contribution is -0.284. The maximum Gasteiger partial charge on any atom is 0.488 e. The van der Waals surface area contributed by atoms with Crippen molar-refractivity contribution in [2.45, 2.75) is 24.9 Å². The molecule has 0 fully saturated rings. The quantitative estimate of drug-likeness (QED) is 0.641. The number of aryl methyl sites for hydroxylation is 1. The molecule has 2 nitrogen and oxygen atoms in total. The van der Waals surface area contributed by atoms with Crippen LogP contribution >= 0.6 is 0 Å². The van der Waals surface area contributed by atoms with Gasteiger partial charge >= 0.3 is 19.2 Å². The molecular weight excluding hydrogens is 258 g/mol. The Morgan fingerprint density at radius 1 is 0.944 bits per heavy atom. The summed E-state index contributed by atoms with van der Waals surface area (Å²) < 4.78 is 60.9. The first-order valence-electron chi connectivity index (χ1n) is 5.03. The molecule has 0 radical (unpaired) electrons. The Labute approximate surface area is 100 Å². The molecule has 0 saturated carbocycles. The van der Waals surface area contributed by atoms with Crippen molar-refractivity contribution in [1.29, 1.82) is 0 Å². The SMILES string of the molecule is OB(O)c1ccc(CCC(F)(F)C(F)(F)F)cc1. The van der Waals surface area contributed by atoms with Gasteiger partial charge in [0.05, 0.1) is 0 Å². The molecule has 1 aromatic carbocycles. The van der Waals surface area contributed by atoms with Crippen molar-refractivity contribution in [3.05, 3.63) is 29.8 Å². The molecule has 0 spiro atoms. The third-order valence-corrected chi connectivity index (χ3v) is 2.42. The predicted molar refractivity (Wildman–Crippen MR) is 55.6 cm³/mol. The van der Waals surface area contributed by atoms with Crippen molar-refractivity contribution in [3.8, 4) is 0 Å². The lowest BCUT2D eigenvalue weighted by Gasteiger charge is -2.19. The lowest BCUT2D eigenvalue weighted by Crippen LogP contribution is -2.36. The van der Waals surface area contributed by atoms with Gasteiger partial charge in [-0.1, -0.05) is 24.3 Å². The van der Waals surface area contributed by atoms with Crippen LogP contribution in [-0.2, 0) is 6.42 Å². The average molecular weight is 268 g/mol. The fourth-order valence-electron chi connectivity index (χ4n) is 1.30. The summed E-state index contributed by atoms with van der Waals surface area (Å²) in [7, 11) is -1.70. The van der Waals surface area contributed by atoms with Crippen molar-refractivity contribution in [2.75, 3.05) is 0 Å². The van der Waals surface area contributed by atoms with E-state index in [-0.39, 0.29) is 11.0 Å².